The molecule has 7 aromatic heterocycles. The van der Waals surface area contributed by atoms with Crippen LogP contribution in [-0.4, -0.2) is 133 Å². The number of hydrogen-bond acceptors (Lipinski definition) is 21. The van der Waals surface area contributed by atoms with E-state index in [9.17, 15) is 75.9 Å². The van der Waals surface area contributed by atoms with E-state index in [2.05, 4.69) is 292 Å². The summed E-state index contributed by atoms with van der Waals surface area (Å²) in [5.74, 6) is -7.70. The van der Waals surface area contributed by atoms with Crippen LogP contribution in [0.2, 0.25) is 0 Å². The Morgan fingerprint density at radius 1 is 0.257 bits per heavy atom. The average molecular weight is 3080 g/mol. The molecule has 0 N–H and O–H groups in total. The molecule has 7 aliphatic rings. The summed E-state index contributed by atoms with van der Waals surface area (Å²) in [7, 11) is 0. The summed E-state index contributed by atoms with van der Waals surface area (Å²) in [5.41, 5.74) is 4.29. The highest BCUT2D eigenvalue weighted by molar-refractivity contribution is 9.14. The average Bonchev–Trinajstić information content (AvgIpc) is 1.56. The molecule has 0 fully saturated rings. The van der Waals surface area contributed by atoms with Crippen molar-refractivity contribution in [3.63, 3.8) is 0 Å². The largest absolute Gasteiger partial charge is 0.371 e. The number of rotatable bonds is 51. The number of allylic oxidation sites excluding steroid dienone is 2. The third kappa shape index (κ3) is 31.5. The molecule has 0 saturated heterocycles. The summed E-state index contributed by atoms with van der Waals surface area (Å²) in [4.78, 5) is 181. The van der Waals surface area contributed by atoms with Crippen LogP contribution < -0.4 is 0 Å². The minimum absolute atomic E-state index is 0.0311. The molecule has 0 aromatic carbocycles. The van der Waals surface area contributed by atoms with E-state index in [0.29, 0.717) is 119 Å². The minimum Gasteiger partial charge on any atom is -0.293 e. The van der Waals surface area contributed by atoms with Crippen molar-refractivity contribution in [1.82, 2.24) is 19.6 Å². The van der Waals surface area contributed by atoms with Crippen LogP contribution in [-0.2, 0) is 0 Å². The lowest BCUT2D eigenvalue weighted by Crippen LogP contribution is -2.40. The lowest BCUT2D eigenvalue weighted by molar-refractivity contribution is 0.0187. The number of carbonyl (C=O) groups is 14. The lowest BCUT2D eigenvalue weighted by atomic mass is 9.74. The standard InChI is InChI=1S/C23H35Br2NO2S.C21H31Br2NO2S.C19H26Br2O2S.C13H15Br2NO2S.C13H10Br2O2S.C11H11Br2NO2S.C7Br2F2O2S/c1-3-5-7-9-11-13-15-17(16-14-12-10-8-6-4-2)26-22(27)18-19(23(26)28)21(25)29-20(18)24;1-3-5-7-9-11-13-15(14-12-10-8-6-4-2)24-20(25)16-17(21(24)26)19(23)27-18(16)22;1-3-5-7-9-11-19(12-10-8-6-4-2)15(22)13-14(16(19)23)18(21)24-17(13)20;1-2-3-4-5-6-7-16-12(17)8-9(13(16)18)11(15)19-10(8)14;1-3-5-13(6-4-2)9(16)7-8(10(13)17)12(15)18-11(7)14;1-3-5(2)4-14-10(15)6-7(11(14)16)9(13)17-8(6)12;8-5-1-2(6(9)14-5)4(13)7(10,11)3(1)12/h17H,3-16H2,1-2H3;15H,3-14H2,1-2H3;3-12H2,1-2H3;2-7H2,1H3;3-4H,1-2,5-6H2;5H,3-4H2,1-2H3;. The number of hydrogen-bond donors (Lipinski definition) is 0. The van der Waals surface area contributed by atoms with Crippen LogP contribution in [0.4, 0.5) is 8.78 Å². The Hall–Kier alpha value is -1.46. The number of ketones is 6. The summed E-state index contributed by atoms with van der Waals surface area (Å²) >= 11 is 56.3. The second-order valence-corrected chi connectivity index (χ2v) is 63.4. The Morgan fingerprint density at radius 2 is 0.453 bits per heavy atom. The van der Waals surface area contributed by atoms with Crippen molar-refractivity contribution in [2.24, 2.45) is 16.7 Å². The second-order valence-electron chi connectivity index (χ2n) is 37.8. The van der Waals surface area contributed by atoms with Gasteiger partial charge in [0.2, 0.25) is 11.6 Å². The monoisotopic (exact) mass is 3060 g/mol. The molecular weight excluding hydrogens is 2950 g/mol. The van der Waals surface area contributed by atoms with Gasteiger partial charge >= 0.3 is 5.92 Å². The van der Waals surface area contributed by atoms with Crippen molar-refractivity contribution in [3.8, 4) is 0 Å². The Balaban J connectivity index is 0.000000213. The van der Waals surface area contributed by atoms with Gasteiger partial charge in [-0.2, -0.15) is 8.78 Å². The van der Waals surface area contributed by atoms with E-state index in [1.807, 2.05) is 6.92 Å². The third-order valence-corrected chi connectivity index (χ3v) is 45.1. The zero-order valence-electron chi connectivity index (χ0n) is 84.7. The molecule has 14 rings (SSSR count). The van der Waals surface area contributed by atoms with E-state index in [4.69, 9.17) is 0 Å². The van der Waals surface area contributed by atoms with Gasteiger partial charge in [0.15, 0.2) is 23.1 Å². The first-order valence-corrected chi connectivity index (χ1v) is 68.0. The molecule has 1 unspecified atom stereocenters. The molecule has 8 amide bonds. The van der Waals surface area contributed by atoms with E-state index in [1.54, 1.807) is 22.0 Å². The minimum atomic E-state index is -3.90. The maximum atomic E-state index is 13.2. The van der Waals surface area contributed by atoms with Gasteiger partial charge in [-0.15, -0.1) is 92.5 Å². The van der Waals surface area contributed by atoms with Crippen LogP contribution >= 0.6 is 302 Å². The lowest BCUT2D eigenvalue weighted by Gasteiger charge is -2.27. The number of imide groups is 4. The fourth-order valence-corrected chi connectivity index (χ4v) is 40.8. The molecule has 814 valence electrons. The number of thiophene rings is 7. The molecule has 7 aromatic rings. The molecule has 11 heterocycles. The summed E-state index contributed by atoms with van der Waals surface area (Å²) in [6.07, 6.45) is 51.1. The normalized spacial score (nSPS) is 15.4. The Kier molecular flexibility index (Phi) is 56.6. The number of unbranched alkanes of at least 4 members (excludes halogenated alkanes) is 28. The van der Waals surface area contributed by atoms with Gasteiger partial charge in [-0.1, -0.05) is 299 Å². The zero-order valence-corrected chi connectivity index (χ0v) is 113. The molecule has 18 nitrogen and oxygen atoms in total. The highest BCUT2D eigenvalue weighted by Gasteiger charge is 2.59. The number of amides is 8. The SMILES string of the molecule is C=CCC1(CC=C)C(=O)c2c(Br)sc(Br)c2C1=O.CCC(C)CN1C(=O)c2c(Br)sc(Br)c2C1=O.CCCCCCC1(CCCCCC)C(=O)c2c(Br)sc(Br)c2C1=O.CCCCCCCC(CCCCCCC)N1C(=O)c2c(Br)sc(Br)c2C1=O.CCCCCCCCC(CCCCCCCC)N1C(=O)c2c(Br)sc(Br)c2C1=O.CCCCCCCN1C(=O)c2c(Br)sc(Br)c2C1=O.O=C1c2c(Br)sc(Br)c2C(=O)C1(F)F. The summed E-state index contributed by atoms with van der Waals surface area (Å²) in [5, 5.41) is 0. The summed E-state index contributed by atoms with van der Waals surface area (Å²) in [6, 6.07) is 0.0630. The predicted octanol–water partition coefficient (Wildman–Crippen LogP) is 41.1. The van der Waals surface area contributed by atoms with Crippen LogP contribution in [0.5, 0.6) is 0 Å². The van der Waals surface area contributed by atoms with Gasteiger partial charge in [-0.05, 0) is 287 Å². The van der Waals surface area contributed by atoms with E-state index < -0.39 is 28.3 Å². The molecular formula is C107H128Br14F2N4O14S7. The number of Topliss-reactive ketones (excluding diaryl/α,β-unsaturated/α-hetero) is 6. The van der Waals surface area contributed by atoms with Crippen LogP contribution in [0, 0.1) is 16.7 Å². The fourth-order valence-electron chi connectivity index (χ4n) is 19.0. The van der Waals surface area contributed by atoms with E-state index in [0.717, 1.165) is 158 Å². The van der Waals surface area contributed by atoms with Crippen molar-refractivity contribution in [2.45, 2.75) is 363 Å². The Bertz CT molecular complexity index is 5640. The first-order valence-electron chi connectivity index (χ1n) is 51.2. The van der Waals surface area contributed by atoms with Gasteiger partial charge in [0.1, 0.15) is 5.41 Å². The molecule has 1 atom stereocenters. The number of carbonyl (C=O) groups excluding carboxylic acids is 14. The van der Waals surface area contributed by atoms with Crippen molar-refractivity contribution in [1.29, 1.82) is 0 Å². The first kappa shape index (κ1) is 132. The number of fused-ring (bicyclic) bond motifs is 7. The quantitative estimate of drug-likeness (QED) is 0.0149. The second kappa shape index (κ2) is 63.7. The number of halogens is 16. The topological polar surface area (TPSA) is 252 Å². The Labute approximate surface area is 1020 Å². The van der Waals surface area contributed by atoms with Crippen LogP contribution in [0.15, 0.2) is 78.3 Å². The predicted molar refractivity (Wildman–Crippen MR) is 651 cm³/mol. The van der Waals surface area contributed by atoms with Gasteiger partial charge in [0.05, 0.1) is 136 Å². The van der Waals surface area contributed by atoms with E-state index >= 15 is 0 Å². The summed E-state index contributed by atoms with van der Waals surface area (Å²) in [6.45, 7) is 27.8. The van der Waals surface area contributed by atoms with Crippen molar-refractivity contribution in [3.05, 3.63) is 156 Å². The zero-order chi connectivity index (χ0) is 110. The van der Waals surface area contributed by atoms with Gasteiger partial charge < -0.3 is 0 Å². The van der Waals surface area contributed by atoms with Crippen LogP contribution in [0.3, 0.4) is 0 Å². The third-order valence-electron chi connectivity index (χ3n) is 27.4. The first-order chi connectivity index (χ1) is 70.4. The number of nitrogens with zero attached hydrogens (tertiary/aromatic N) is 4. The molecule has 0 saturated carbocycles. The van der Waals surface area contributed by atoms with Gasteiger partial charge in [0, 0.05) is 25.2 Å². The number of alkyl halides is 2. The van der Waals surface area contributed by atoms with E-state index in [1.165, 1.54) is 225 Å². The molecule has 0 spiro atoms. The van der Waals surface area contributed by atoms with E-state index in [-0.39, 0.29) is 101 Å². The molecule has 148 heavy (non-hydrogen) atoms. The molecule has 0 radical (unpaired) electrons. The van der Waals surface area contributed by atoms with Crippen LogP contribution in [0.25, 0.3) is 0 Å². The molecule has 4 aliphatic heterocycles. The van der Waals surface area contributed by atoms with Gasteiger partial charge in [0.25, 0.3) is 47.3 Å². The molecule has 41 heteroatoms. The summed E-state index contributed by atoms with van der Waals surface area (Å²) < 4.78 is 35.5. The maximum Gasteiger partial charge on any atom is 0.371 e. The Morgan fingerprint density at radius 3 is 0.689 bits per heavy atom. The van der Waals surface area contributed by atoms with Gasteiger partial charge in [-0.25, -0.2) is 0 Å². The van der Waals surface area contributed by atoms with Crippen molar-refractivity contribution >= 4 is 384 Å². The maximum absolute atomic E-state index is 13.2. The van der Waals surface area contributed by atoms with Crippen molar-refractivity contribution in [2.75, 3.05) is 13.1 Å². The smallest absolute Gasteiger partial charge is 0.293 e. The molecule has 0 bridgehead atoms. The van der Waals surface area contributed by atoms with Crippen molar-refractivity contribution < 1.29 is 75.9 Å². The molecule has 3 aliphatic carbocycles. The highest BCUT2D eigenvalue weighted by Crippen LogP contribution is 2.56. The highest BCUT2D eigenvalue weighted by atomic mass is 79.9. The van der Waals surface area contributed by atoms with Gasteiger partial charge in [-0.3, -0.25) is 86.7 Å². The fraction of sp³-hybridized carbons (Fsp3) is 0.570. The van der Waals surface area contributed by atoms with Crippen LogP contribution in [0.1, 0.15) is 490 Å².